The van der Waals surface area contributed by atoms with Crippen LogP contribution in [0.1, 0.15) is 60.3 Å². The van der Waals surface area contributed by atoms with Crippen LogP contribution >= 0.6 is 0 Å². The molecule has 0 aromatic carbocycles. The quantitative estimate of drug-likeness (QED) is 0.402. The van der Waals surface area contributed by atoms with Gasteiger partial charge in [-0.3, -0.25) is 0 Å². The molecule has 0 unspecified atom stereocenters. The summed E-state index contributed by atoms with van der Waals surface area (Å²) in [7, 11) is 0. The van der Waals surface area contributed by atoms with Gasteiger partial charge in [-0.2, -0.15) is 0 Å². The zero-order valence-corrected chi connectivity index (χ0v) is 11.1. The fraction of sp³-hybridized carbons (Fsp3) is 0.600. The summed E-state index contributed by atoms with van der Waals surface area (Å²) in [6.07, 6.45) is 11.8. The second-order valence-electron chi connectivity index (χ2n) is 4.73. The van der Waals surface area contributed by atoms with Crippen molar-refractivity contribution in [3.8, 4) is 0 Å². The number of hydrogen-bond donors (Lipinski definition) is 0. The van der Waals surface area contributed by atoms with Crippen LogP contribution in [0.4, 0.5) is 0 Å². The smallest absolute Gasteiger partial charge is 0.0288 e. The van der Waals surface area contributed by atoms with Crippen molar-refractivity contribution in [1.82, 2.24) is 0 Å². The van der Waals surface area contributed by atoms with Crippen molar-refractivity contribution in [2.24, 2.45) is 0 Å². The molecule has 0 radical (unpaired) electrons. The lowest BCUT2D eigenvalue weighted by atomic mass is 10.1. The summed E-state index contributed by atoms with van der Waals surface area (Å²) in [6, 6.07) is 0. The molecule has 0 bridgehead atoms. The van der Waals surface area contributed by atoms with Crippen LogP contribution in [-0.4, -0.2) is 0 Å². The molecule has 0 aromatic heterocycles. The van der Waals surface area contributed by atoms with Crippen molar-refractivity contribution in [1.29, 1.82) is 0 Å². The highest BCUT2D eigenvalue weighted by Crippen LogP contribution is 2.09. The van der Waals surface area contributed by atoms with Gasteiger partial charge in [0.2, 0.25) is 0 Å². The number of hydrogen-bond acceptors (Lipinski definition) is 0. The van der Waals surface area contributed by atoms with Crippen molar-refractivity contribution in [3.05, 3.63) is 34.9 Å². The molecule has 0 atom stereocenters. The Kier molecular flexibility index (Phi) is 8.08. The molecule has 0 fully saturated rings. The Balaban J connectivity index is 3.70. The Bertz CT molecular complexity index is 243. The normalized spacial score (nSPS) is 11.1. The van der Waals surface area contributed by atoms with E-state index in [1.165, 1.54) is 42.4 Å². The summed E-state index contributed by atoms with van der Waals surface area (Å²) in [6.45, 7) is 10.9. The standard InChI is InChI=1S/C15H26/c1-13(2)9-6-7-11-15(5)12-8-10-14(3)4/h9-11H,6-8,12H2,1-5H3. The second-order valence-corrected chi connectivity index (χ2v) is 4.73. The number of rotatable bonds is 6. The minimum Gasteiger partial charge on any atom is -0.0856 e. The molecule has 0 aliphatic heterocycles. The van der Waals surface area contributed by atoms with Crippen molar-refractivity contribution in [3.63, 3.8) is 0 Å². The first kappa shape index (κ1) is 14.2. The van der Waals surface area contributed by atoms with E-state index in [4.69, 9.17) is 0 Å². The predicted molar refractivity (Wildman–Crippen MR) is 71.1 cm³/mol. The molecule has 0 rings (SSSR count). The van der Waals surface area contributed by atoms with Gasteiger partial charge in [0.15, 0.2) is 0 Å². The molecule has 0 saturated heterocycles. The topological polar surface area (TPSA) is 0 Å². The van der Waals surface area contributed by atoms with E-state index < -0.39 is 0 Å². The molecule has 0 amide bonds. The van der Waals surface area contributed by atoms with Gasteiger partial charge < -0.3 is 0 Å². The van der Waals surface area contributed by atoms with E-state index in [9.17, 15) is 0 Å². The Morgan fingerprint density at radius 2 is 1.13 bits per heavy atom. The van der Waals surface area contributed by atoms with E-state index >= 15 is 0 Å². The molecule has 86 valence electrons. The van der Waals surface area contributed by atoms with Gasteiger partial charge in [0.25, 0.3) is 0 Å². The average Bonchev–Trinajstić information content (AvgIpc) is 2.11. The maximum absolute atomic E-state index is 2.37. The molecule has 0 heteroatoms. The molecule has 0 spiro atoms. The summed E-state index contributed by atoms with van der Waals surface area (Å²) < 4.78 is 0. The van der Waals surface area contributed by atoms with E-state index in [-0.39, 0.29) is 0 Å². The summed E-state index contributed by atoms with van der Waals surface area (Å²) in [5, 5.41) is 0. The first-order valence-electron chi connectivity index (χ1n) is 5.94. The third-order valence-electron chi connectivity index (χ3n) is 2.30. The molecule has 0 aliphatic carbocycles. The zero-order valence-electron chi connectivity index (χ0n) is 11.1. The van der Waals surface area contributed by atoms with Crippen molar-refractivity contribution in [2.75, 3.05) is 0 Å². The minimum atomic E-state index is 1.18. The highest BCUT2D eigenvalue weighted by molar-refractivity contribution is 5.03. The van der Waals surface area contributed by atoms with Crippen molar-refractivity contribution < 1.29 is 0 Å². The van der Waals surface area contributed by atoms with E-state index in [1.54, 1.807) is 0 Å². The third kappa shape index (κ3) is 11.1. The molecule has 0 nitrogen and oxygen atoms in total. The van der Waals surface area contributed by atoms with Gasteiger partial charge in [0, 0.05) is 0 Å². The molecule has 15 heavy (non-hydrogen) atoms. The molecular weight excluding hydrogens is 180 g/mol. The van der Waals surface area contributed by atoms with Crippen LogP contribution < -0.4 is 0 Å². The summed E-state index contributed by atoms with van der Waals surface area (Å²) in [4.78, 5) is 0. The lowest BCUT2D eigenvalue weighted by molar-refractivity contribution is 0.934. The largest absolute Gasteiger partial charge is 0.0856 e. The van der Waals surface area contributed by atoms with Crippen LogP contribution in [0.2, 0.25) is 0 Å². The van der Waals surface area contributed by atoms with Crippen LogP contribution in [-0.2, 0) is 0 Å². The van der Waals surface area contributed by atoms with Crippen LogP contribution in [0.15, 0.2) is 34.9 Å². The highest BCUT2D eigenvalue weighted by atomic mass is 13.9. The zero-order chi connectivity index (χ0) is 11.7. The van der Waals surface area contributed by atoms with Gasteiger partial charge in [0.05, 0.1) is 0 Å². The Labute approximate surface area is 95.8 Å². The minimum absolute atomic E-state index is 1.18. The Morgan fingerprint density at radius 3 is 1.67 bits per heavy atom. The molecular formula is C15H26. The van der Waals surface area contributed by atoms with E-state index in [0.29, 0.717) is 0 Å². The average molecular weight is 206 g/mol. The first-order valence-corrected chi connectivity index (χ1v) is 5.94. The van der Waals surface area contributed by atoms with Gasteiger partial charge in [0.1, 0.15) is 0 Å². The molecule has 0 N–H and O–H groups in total. The lowest BCUT2D eigenvalue weighted by Gasteiger charge is -1.98. The van der Waals surface area contributed by atoms with Crippen LogP contribution in [0.5, 0.6) is 0 Å². The number of allylic oxidation sites excluding steroid dienone is 6. The maximum Gasteiger partial charge on any atom is -0.0288 e. The maximum atomic E-state index is 2.37. The third-order valence-corrected chi connectivity index (χ3v) is 2.30. The fourth-order valence-corrected chi connectivity index (χ4v) is 1.39. The van der Waals surface area contributed by atoms with E-state index in [2.05, 4.69) is 52.8 Å². The van der Waals surface area contributed by atoms with Crippen LogP contribution in [0.3, 0.4) is 0 Å². The predicted octanol–water partition coefficient (Wildman–Crippen LogP) is 5.43. The van der Waals surface area contributed by atoms with E-state index in [0.717, 1.165) is 0 Å². The second kappa shape index (κ2) is 8.52. The van der Waals surface area contributed by atoms with Gasteiger partial charge in [-0.1, -0.05) is 34.9 Å². The summed E-state index contributed by atoms with van der Waals surface area (Å²) in [5.41, 5.74) is 4.37. The van der Waals surface area contributed by atoms with Crippen LogP contribution in [0, 0.1) is 0 Å². The molecule has 0 aromatic rings. The molecule has 0 heterocycles. The monoisotopic (exact) mass is 206 g/mol. The molecule has 0 aliphatic rings. The van der Waals surface area contributed by atoms with Gasteiger partial charge in [-0.25, -0.2) is 0 Å². The van der Waals surface area contributed by atoms with E-state index in [1.807, 2.05) is 0 Å². The van der Waals surface area contributed by atoms with Gasteiger partial charge in [-0.05, 0) is 60.3 Å². The summed E-state index contributed by atoms with van der Waals surface area (Å²) >= 11 is 0. The van der Waals surface area contributed by atoms with Crippen LogP contribution in [0.25, 0.3) is 0 Å². The lowest BCUT2D eigenvalue weighted by Crippen LogP contribution is -1.78. The number of unbranched alkanes of at least 4 members (excludes halogenated alkanes) is 1. The highest BCUT2D eigenvalue weighted by Gasteiger charge is 1.88. The SMILES string of the molecule is CC(C)=CCCC=C(C)CCC=C(C)C. The Hall–Kier alpha value is -0.780. The summed E-state index contributed by atoms with van der Waals surface area (Å²) in [5.74, 6) is 0. The fourth-order valence-electron chi connectivity index (χ4n) is 1.39. The molecule has 0 saturated carbocycles. The van der Waals surface area contributed by atoms with Crippen molar-refractivity contribution >= 4 is 0 Å². The van der Waals surface area contributed by atoms with Crippen molar-refractivity contribution in [2.45, 2.75) is 60.3 Å². The Morgan fingerprint density at radius 1 is 0.667 bits per heavy atom. The van der Waals surface area contributed by atoms with Gasteiger partial charge >= 0.3 is 0 Å². The van der Waals surface area contributed by atoms with Gasteiger partial charge in [-0.15, -0.1) is 0 Å². The first-order chi connectivity index (χ1) is 7.02.